The molecule has 1 aromatic heterocycles. The Morgan fingerprint density at radius 3 is 2.64 bits per heavy atom. The molecule has 0 aliphatic heterocycles. The highest BCUT2D eigenvalue weighted by Crippen LogP contribution is 2.24. The topological polar surface area (TPSA) is 53.6 Å². The third kappa shape index (κ3) is 2.75. The second-order valence-electron chi connectivity index (χ2n) is 2.82. The molecule has 0 aliphatic carbocycles. The summed E-state index contributed by atoms with van der Waals surface area (Å²) in [6.07, 6.45) is 1.71. The van der Waals surface area contributed by atoms with Gasteiger partial charge in [0.1, 0.15) is 6.61 Å². The fraction of sp³-hybridized carbons (Fsp3) is 0.444. The van der Waals surface area contributed by atoms with Crippen LogP contribution in [0.5, 0.6) is 11.5 Å². The fourth-order valence-corrected chi connectivity index (χ4v) is 1.10. The quantitative estimate of drug-likeness (QED) is 0.546. The maximum Gasteiger partial charge on any atom is 0.226 e. The summed E-state index contributed by atoms with van der Waals surface area (Å²) in [5.74, 6) is -0.162. The Morgan fingerprint density at radius 1 is 1.43 bits per heavy atom. The lowest BCUT2D eigenvalue weighted by Gasteiger charge is -2.02. The number of aromatic nitrogens is 1. The predicted octanol–water partition coefficient (Wildman–Crippen LogP) is -2.66. The standard InChI is InChI=1S/C9H13NO3.ClH/c1-7-9(12)8(11)3-4-10(7)5-6-13-2;/h3-4,12H,5-6H2,1-2H3;1H. The first-order valence-electron chi connectivity index (χ1n) is 4.06. The van der Waals surface area contributed by atoms with Crippen molar-refractivity contribution in [2.45, 2.75) is 13.5 Å². The Hall–Kier alpha value is -1.00. The number of aromatic hydroxyl groups is 2. The monoisotopic (exact) mass is 219 g/mol. The number of halogens is 1. The summed E-state index contributed by atoms with van der Waals surface area (Å²) >= 11 is 0. The highest BCUT2D eigenvalue weighted by Gasteiger charge is 2.14. The number of rotatable bonds is 3. The third-order valence-electron chi connectivity index (χ3n) is 1.96. The summed E-state index contributed by atoms with van der Waals surface area (Å²) in [6.45, 7) is 2.98. The van der Waals surface area contributed by atoms with Gasteiger partial charge in [-0.15, -0.1) is 0 Å². The van der Waals surface area contributed by atoms with Crippen LogP contribution in [0.1, 0.15) is 5.69 Å². The van der Waals surface area contributed by atoms with Crippen LogP contribution >= 0.6 is 0 Å². The summed E-state index contributed by atoms with van der Waals surface area (Å²) < 4.78 is 6.72. The molecule has 0 bridgehead atoms. The third-order valence-corrected chi connectivity index (χ3v) is 1.96. The highest BCUT2D eigenvalue weighted by molar-refractivity contribution is 5.36. The van der Waals surface area contributed by atoms with Crippen LogP contribution in [0.25, 0.3) is 0 Å². The van der Waals surface area contributed by atoms with E-state index in [-0.39, 0.29) is 23.9 Å². The van der Waals surface area contributed by atoms with E-state index in [0.717, 1.165) is 0 Å². The van der Waals surface area contributed by atoms with Crippen LogP contribution in [0.3, 0.4) is 0 Å². The average molecular weight is 220 g/mol. The number of methoxy groups -OCH3 is 1. The van der Waals surface area contributed by atoms with Gasteiger partial charge in [0.15, 0.2) is 18.5 Å². The van der Waals surface area contributed by atoms with Crippen LogP contribution in [-0.2, 0) is 11.3 Å². The minimum absolute atomic E-state index is 0. The van der Waals surface area contributed by atoms with E-state index in [2.05, 4.69) is 0 Å². The first kappa shape index (κ1) is 13.0. The Balaban J connectivity index is 0.00000169. The molecule has 0 saturated carbocycles. The van der Waals surface area contributed by atoms with E-state index in [4.69, 9.17) is 9.84 Å². The Bertz CT molecular complexity index is 304. The molecule has 1 rings (SSSR count). The van der Waals surface area contributed by atoms with Gasteiger partial charge in [0, 0.05) is 20.1 Å². The Labute approximate surface area is 89.2 Å². The summed E-state index contributed by atoms with van der Waals surface area (Å²) in [5.41, 5.74) is 0.636. The normalized spacial score (nSPS) is 9.57. The number of ether oxygens (including phenoxy) is 1. The molecule has 2 N–H and O–H groups in total. The lowest BCUT2D eigenvalue weighted by Crippen LogP contribution is -3.00. The zero-order chi connectivity index (χ0) is 9.84. The van der Waals surface area contributed by atoms with E-state index in [1.54, 1.807) is 20.2 Å². The number of pyridine rings is 1. The molecule has 5 heteroatoms. The van der Waals surface area contributed by atoms with Crippen LogP contribution in [0.4, 0.5) is 0 Å². The molecular weight excluding hydrogens is 206 g/mol. The van der Waals surface area contributed by atoms with Crippen LogP contribution in [0.15, 0.2) is 12.3 Å². The number of hydrogen-bond acceptors (Lipinski definition) is 3. The van der Waals surface area contributed by atoms with Gasteiger partial charge in [-0.25, -0.2) is 0 Å². The van der Waals surface area contributed by atoms with E-state index < -0.39 is 0 Å². The van der Waals surface area contributed by atoms with Crippen molar-refractivity contribution < 1.29 is 31.9 Å². The molecule has 14 heavy (non-hydrogen) atoms. The van der Waals surface area contributed by atoms with Crippen molar-refractivity contribution in [3.63, 3.8) is 0 Å². The van der Waals surface area contributed by atoms with E-state index in [0.29, 0.717) is 18.8 Å². The SMILES string of the molecule is COCC[n+]1ccc(O)c(O)c1C.[Cl-]. The largest absolute Gasteiger partial charge is 1.00 e. The van der Waals surface area contributed by atoms with Crippen LogP contribution in [0, 0.1) is 6.92 Å². The van der Waals surface area contributed by atoms with Gasteiger partial charge in [0.2, 0.25) is 11.4 Å². The van der Waals surface area contributed by atoms with Crippen molar-refractivity contribution in [2.24, 2.45) is 0 Å². The maximum atomic E-state index is 9.37. The second kappa shape index (κ2) is 5.67. The highest BCUT2D eigenvalue weighted by atomic mass is 35.5. The first-order chi connectivity index (χ1) is 6.16. The maximum absolute atomic E-state index is 9.37. The van der Waals surface area contributed by atoms with Crippen molar-refractivity contribution in [3.8, 4) is 11.5 Å². The molecule has 0 aromatic carbocycles. The van der Waals surface area contributed by atoms with E-state index in [1.165, 1.54) is 6.07 Å². The predicted molar refractivity (Wildman–Crippen MR) is 46.6 cm³/mol. The summed E-state index contributed by atoms with van der Waals surface area (Å²) in [6, 6.07) is 1.46. The van der Waals surface area contributed by atoms with Gasteiger partial charge >= 0.3 is 0 Å². The molecular formula is C9H14ClNO3. The van der Waals surface area contributed by atoms with Gasteiger partial charge in [-0.2, -0.15) is 4.57 Å². The molecule has 0 unspecified atom stereocenters. The van der Waals surface area contributed by atoms with Crippen molar-refractivity contribution in [2.75, 3.05) is 13.7 Å². The molecule has 0 aliphatic rings. The molecule has 1 aromatic rings. The molecule has 1 heterocycles. The van der Waals surface area contributed by atoms with Gasteiger partial charge in [-0.1, -0.05) is 0 Å². The molecule has 0 atom stereocenters. The lowest BCUT2D eigenvalue weighted by atomic mass is 10.3. The van der Waals surface area contributed by atoms with Gasteiger partial charge in [-0.05, 0) is 0 Å². The molecule has 0 fully saturated rings. The smallest absolute Gasteiger partial charge is 0.226 e. The number of hydrogen-bond donors (Lipinski definition) is 2. The van der Waals surface area contributed by atoms with E-state index in [9.17, 15) is 5.11 Å². The Morgan fingerprint density at radius 2 is 2.07 bits per heavy atom. The van der Waals surface area contributed by atoms with Gasteiger partial charge < -0.3 is 27.4 Å². The zero-order valence-electron chi connectivity index (χ0n) is 8.20. The van der Waals surface area contributed by atoms with Crippen LogP contribution < -0.4 is 17.0 Å². The van der Waals surface area contributed by atoms with Crippen molar-refractivity contribution in [1.29, 1.82) is 0 Å². The summed E-state index contributed by atoms with van der Waals surface area (Å²) in [7, 11) is 1.62. The Kier molecular flexibility index (Phi) is 5.27. The average Bonchev–Trinajstić information content (AvgIpc) is 2.13. The van der Waals surface area contributed by atoms with Gasteiger partial charge in [-0.3, -0.25) is 0 Å². The van der Waals surface area contributed by atoms with Gasteiger partial charge in [0.25, 0.3) is 0 Å². The van der Waals surface area contributed by atoms with Crippen molar-refractivity contribution in [1.82, 2.24) is 0 Å². The van der Waals surface area contributed by atoms with E-state index in [1.807, 2.05) is 4.57 Å². The first-order valence-corrected chi connectivity index (χ1v) is 4.06. The lowest BCUT2D eigenvalue weighted by molar-refractivity contribution is -0.704. The second-order valence-corrected chi connectivity index (χ2v) is 2.82. The fourth-order valence-electron chi connectivity index (χ4n) is 1.10. The molecule has 0 amide bonds. The van der Waals surface area contributed by atoms with Gasteiger partial charge in [0.05, 0.1) is 0 Å². The van der Waals surface area contributed by atoms with E-state index >= 15 is 0 Å². The van der Waals surface area contributed by atoms with Crippen LogP contribution in [0.2, 0.25) is 0 Å². The summed E-state index contributed by atoms with van der Waals surface area (Å²) in [4.78, 5) is 0. The minimum atomic E-state index is -0.0915. The molecule has 0 radical (unpaired) electrons. The summed E-state index contributed by atoms with van der Waals surface area (Å²) in [5, 5.41) is 18.5. The minimum Gasteiger partial charge on any atom is -1.00 e. The molecule has 0 spiro atoms. The van der Waals surface area contributed by atoms with Crippen LogP contribution in [-0.4, -0.2) is 23.9 Å². The zero-order valence-corrected chi connectivity index (χ0v) is 8.95. The molecule has 0 saturated heterocycles. The molecule has 4 nitrogen and oxygen atoms in total. The van der Waals surface area contributed by atoms with Crippen molar-refractivity contribution >= 4 is 0 Å². The molecule has 80 valence electrons. The number of nitrogens with zero attached hydrogens (tertiary/aromatic N) is 1. The van der Waals surface area contributed by atoms with Crippen molar-refractivity contribution in [3.05, 3.63) is 18.0 Å².